The summed E-state index contributed by atoms with van der Waals surface area (Å²) in [6, 6.07) is 0. The van der Waals surface area contributed by atoms with Gasteiger partial charge in [0.25, 0.3) is 0 Å². The largest absolute Gasteiger partial charge is 1.00 e. The van der Waals surface area contributed by atoms with Crippen molar-refractivity contribution in [3.63, 3.8) is 0 Å². The molecule has 0 fully saturated rings. The number of hydrogen-bond acceptors (Lipinski definition) is 3. The van der Waals surface area contributed by atoms with Crippen molar-refractivity contribution in [2.24, 2.45) is 0 Å². The van der Waals surface area contributed by atoms with Crippen molar-refractivity contribution in [2.75, 3.05) is 27.7 Å². The Balaban J connectivity index is 0. The first kappa shape index (κ1) is 19.3. The fraction of sp³-hybridized carbons (Fsp3) is 0.667. The Morgan fingerprint density at radius 3 is 2.17 bits per heavy atom. The van der Waals surface area contributed by atoms with E-state index in [9.17, 15) is 9.59 Å². The predicted molar refractivity (Wildman–Crippen MR) is 64.5 cm³/mol. The van der Waals surface area contributed by atoms with Crippen LogP contribution in [-0.2, 0) is 14.3 Å². The van der Waals surface area contributed by atoms with Gasteiger partial charge in [0.05, 0.1) is 27.6 Å². The number of nitrogens with zero attached hydrogens (tertiary/aromatic N) is 1. The lowest BCUT2D eigenvalue weighted by atomic mass is 10.2. The molecule has 0 saturated heterocycles. The van der Waals surface area contributed by atoms with E-state index in [0.717, 1.165) is 0 Å². The van der Waals surface area contributed by atoms with E-state index in [1.165, 1.54) is 0 Å². The van der Waals surface area contributed by atoms with Crippen LogP contribution in [0.2, 0.25) is 0 Å². The summed E-state index contributed by atoms with van der Waals surface area (Å²) >= 11 is 0. The van der Waals surface area contributed by atoms with Crippen LogP contribution in [0.15, 0.2) is 11.6 Å². The summed E-state index contributed by atoms with van der Waals surface area (Å²) in [5.41, 5.74) is 0.488. The van der Waals surface area contributed by atoms with Gasteiger partial charge in [-0.25, -0.2) is 4.79 Å². The topological polar surface area (TPSA) is 63.6 Å². The molecule has 0 rings (SSSR count). The Morgan fingerprint density at radius 2 is 1.83 bits per heavy atom. The number of likely N-dealkylation sites (N-methyl/N-ethyl adjacent to an activating group) is 1. The van der Waals surface area contributed by atoms with Gasteiger partial charge in [-0.3, -0.25) is 4.79 Å². The Morgan fingerprint density at radius 1 is 1.33 bits per heavy atom. The van der Waals surface area contributed by atoms with E-state index >= 15 is 0 Å². The average molecular weight is 280 g/mol. The van der Waals surface area contributed by atoms with Crippen molar-refractivity contribution in [2.45, 2.75) is 26.4 Å². The Labute approximate surface area is 114 Å². The summed E-state index contributed by atoms with van der Waals surface area (Å²) in [4.78, 5) is 22.3. The molecule has 5 nitrogen and oxygen atoms in total. The predicted octanol–water partition coefficient (Wildman–Crippen LogP) is -1.95. The van der Waals surface area contributed by atoms with Crippen LogP contribution in [0.5, 0.6) is 0 Å². The van der Waals surface area contributed by atoms with E-state index < -0.39 is 18.0 Å². The number of quaternary nitrogens is 1. The molecule has 0 aromatic heterocycles. The maximum absolute atomic E-state index is 11.6. The van der Waals surface area contributed by atoms with Gasteiger partial charge in [-0.05, 0) is 13.8 Å². The summed E-state index contributed by atoms with van der Waals surface area (Å²) < 4.78 is 5.73. The molecule has 0 heterocycles. The number of halogens is 1. The number of allylic oxidation sites excluding steroid dienone is 1. The van der Waals surface area contributed by atoms with Crippen molar-refractivity contribution in [1.82, 2.24) is 0 Å². The van der Waals surface area contributed by atoms with Crippen LogP contribution < -0.4 is 12.4 Å². The molecule has 6 heteroatoms. The summed E-state index contributed by atoms with van der Waals surface area (Å²) in [7, 11) is 5.77. The molecule has 0 radical (unpaired) electrons. The van der Waals surface area contributed by atoms with Gasteiger partial charge in [0, 0.05) is 5.57 Å². The summed E-state index contributed by atoms with van der Waals surface area (Å²) in [6.07, 6.45) is 0.875. The molecule has 1 atom stereocenters. The monoisotopic (exact) mass is 279 g/mol. The van der Waals surface area contributed by atoms with Crippen molar-refractivity contribution in [3.05, 3.63) is 11.6 Å². The molecule has 0 bridgehead atoms. The SMILES string of the molecule is C/C=C(\C)C(=O)O[C@H](CC(=O)O)C[N+](C)(C)C.[Cl-]. The van der Waals surface area contributed by atoms with Gasteiger partial charge in [0.1, 0.15) is 6.54 Å². The van der Waals surface area contributed by atoms with E-state index in [-0.39, 0.29) is 18.8 Å². The molecule has 0 aliphatic heterocycles. The fourth-order valence-electron chi connectivity index (χ4n) is 1.31. The van der Waals surface area contributed by atoms with Crippen molar-refractivity contribution in [1.29, 1.82) is 0 Å². The summed E-state index contributed by atoms with van der Waals surface area (Å²) in [5.74, 6) is -1.42. The maximum atomic E-state index is 11.6. The molecule has 0 unspecified atom stereocenters. The molecular formula is C12H22ClNO4. The van der Waals surface area contributed by atoms with E-state index in [2.05, 4.69) is 0 Å². The lowest BCUT2D eigenvalue weighted by Crippen LogP contribution is -3.00. The molecule has 0 aliphatic carbocycles. The number of carbonyl (C=O) groups excluding carboxylic acids is 1. The third-order valence-electron chi connectivity index (χ3n) is 2.18. The molecule has 0 aliphatic rings. The minimum Gasteiger partial charge on any atom is -1.00 e. The van der Waals surface area contributed by atoms with Crippen LogP contribution in [0.1, 0.15) is 20.3 Å². The van der Waals surface area contributed by atoms with Gasteiger partial charge in [0.2, 0.25) is 0 Å². The third-order valence-corrected chi connectivity index (χ3v) is 2.18. The van der Waals surface area contributed by atoms with E-state index in [4.69, 9.17) is 9.84 Å². The highest BCUT2D eigenvalue weighted by atomic mass is 35.5. The minimum atomic E-state index is -0.964. The highest BCUT2D eigenvalue weighted by Crippen LogP contribution is 2.08. The minimum absolute atomic E-state index is 0. The number of carbonyl (C=O) groups is 2. The van der Waals surface area contributed by atoms with Crippen LogP contribution >= 0.6 is 0 Å². The summed E-state index contributed by atoms with van der Waals surface area (Å²) in [6.45, 7) is 3.85. The standard InChI is InChI=1S/C12H21NO4.ClH/c1-6-9(2)12(16)17-10(7-11(14)15)8-13(3,4)5;/h6,10H,7-8H2,1-5H3;1H/b9-6+;/t10-;/m1./s1. The van der Waals surface area contributed by atoms with Crippen LogP contribution in [0, 0.1) is 0 Å². The maximum Gasteiger partial charge on any atom is 0.333 e. The first-order valence-electron chi connectivity index (χ1n) is 5.52. The average Bonchev–Trinajstić information content (AvgIpc) is 2.12. The lowest BCUT2D eigenvalue weighted by Gasteiger charge is -2.28. The van der Waals surface area contributed by atoms with Crippen molar-refractivity contribution < 1.29 is 36.3 Å². The highest BCUT2D eigenvalue weighted by Gasteiger charge is 2.24. The quantitative estimate of drug-likeness (QED) is 0.349. The van der Waals surface area contributed by atoms with Gasteiger partial charge in [0.15, 0.2) is 6.10 Å². The van der Waals surface area contributed by atoms with E-state index in [1.54, 1.807) is 19.9 Å². The first-order valence-corrected chi connectivity index (χ1v) is 5.52. The van der Waals surface area contributed by atoms with Crippen LogP contribution in [0.25, 0.3) is 0 Å². The Hall–Kier alpha value is -1.07. The molecule has 1 N–H and O–H groups in total. The number of hydrogen-bond donors (Lipinski definition) is 1. The van der Waals surface area contributed by atoms with Crippen LogP contribution in [-0.4, -0.2) is 55.3 Å². The number of aliphatic carboxylic acids is 1. The lowest BCUT2D eigenvalue weighted by molar-refractivity contribution is -0.873. The Kier molecular flexibility index (Phi) is 8.68. The number of ether oxygens (including phenoxy) is 1. The second-order valence-corrected chi connectivity index (χ2v) is 5.07. The van der Waals surface area contributed by atoms with Gasteiger partial charge in [-0.1, -0.05) is 6.08 Å². The highest BCUT2D eigenvalue weighted by molar-refractivity contribution is 5.87. The molecule has 0 amide bonds. The van der Waals surface area contributed by atoms with Crippen molar-refractivity contribution >= 4 is 11.9 Å². The molecule has 0 spiro atoms. The molecular weight excluding hydrogens is 258 g/mol. The first-order chi connectivity index (χ1) is 7.65. The molecule has 0 aromatic rings. The van der Waals surface area contributed by atoms with E-state index in [1.807, 2.05) is 21.1 Å². The number of carboxylic acid groups (broad SMARTS) is 1. The second kappa shape index (κ2) is 8.11. The molecule has 0 saturated carbocycles. The number of carboxylic acids is 1. The zero-order valence-electron chi connectivity index (χ0n) is 11.6. The van der Waals surface area contributed by atoms with Gasteiger partial charge < -0.3 is 26.7 Å². The Bertz CT molecular complexity index is 321. The second-order valence-electron chi connectivity index (χ2n) is 5.07. The van der Waals surface area contributed by atoms with Crippen molar-refractivity contribution in [3.8, 4) is 0 Å². The summed E-state index contributed by atoms with van der Waals surface area (Å²) in [5, 5.41) is 8.78. The zero-order valence-corrected chi connectivity index (χ0v) is 12.3. The molecule has 106 valence electrons. The van der Waals surface area contributed by atoms with Gasteiger partial charge in [-0.2, -0.15) is 0 Å². The fourth-order valence-corrected chi connectivity index (χ4v) is 1.31. The molecule has 18 heavy (non-hydrogen) atoms. The normalized spacial score (nSPS) is 13.5. The van der Waals surface area contributed by atoms with Gasteiger partial charge in [-0.15, -0.1) is 0 Å². The van der Waals surface area contributed by atoms with Gasteiger partial charge >= 0.3 is 11.9 Å². The zero-order chi connectivity index (χ0) is 13.6. The number of rotatable bonds is 6. The third kappa shape index (κ3) is 9.01. The van der Waals surface area contributed by atoms with Crippen LogP contribution in [0.4, 0.5) is 0 Å². The molecule has 0 aromatic carbocycles. The van der Waals surface area contributed by atoms with E-state index in [0.29, 0.717) is 16.6 Å². The smallest absolute Gasteiger partial charge is 0.333 e. The van der Waals surface area contributed by atoms with Crippen LogP contribution in [0.3, 0.4) is 0 Å². The number of esters is 1.